The first-order valence-electron chi connectivity index (χ1n) is 6.98. The van der Waals surface area contributed by atoms with Crippen LogP contribution in [0.1, 0.15) is 12.5 Å². The molecule has 0 fully saturated rings. The molecule has 0 atom stereocenters. The zero-order chi connectivity index (χ0) is 15.8. The van der Waals surface area contributed by atoms with Crippen LogP contribution in [0.2, 0.25) is 0 Å². The first-order valence-corrected chi connectivity index (χ1v) is 7.77. The summed E-state index contributed by atoms with van der Waals surface area (Å²) in [6, 6.07) is 17.3. The molecule has 114 valence electrons. The standard InChI is InChI=1S/C17H17BrN2O2/c1-2-22-17(21)16(12-13-6-4-3-5-7-13)20-19-15-10-8-14(18)9-11-15/h3-11,19H,2,12H2,1H3/b20-16-. The van der Waals surface area contributed by atoms with Crippen LogP contribution in [0.4, 0.5) is 5.69 Å². The van der Waals surface area contributed by atoms with Crippen molar-refractivity contribution in [3.05, 3.63) is 64.6 Å². The van der Waals surface area contributed by atoms with E-state index in [9.17, 15) is 4.79 Å². The van der Waals surface area contributed by atoms with E-state index in [0.717, 1.165) is 15.7 Å². The number of rotatable bonds is 6. The highest BCUT2D eigenvalue weighted by atomic mass is 79.9. The normalized spacial score (nSPS) is 11.1. The third-order valence-corrected chi connectivity index (χ3v) is 3.42. The number of esters is 1. The fourth-order valence-corrected chi connectivity index (χ4v) is 2.08. The Morgan fingerprint density at radius 3 is 2.45 bits per heavy atom. The Bertz CT molecular complexity index is 639. The molecule has 0 aliphatic rings. The summed E-state index contributed by atoms with van der Waals surface area (Å²) in [6.07, 6.45) is 0.420. The van der Waals surface area contributed by atoms with Crippen molar-refractivity contribution in [3.63, 3.8) is 0 Å². The molecule has 5 heteroatoms. The number of carbonyl (C=O) groups excluding carboxylic acids is 1. The van der Waals surface area contributed by atoms with E-state index < -0.39 is 5.97 Å². The molecule has 2 aromatic rings. The molecule has 0 heterocycles. The Kier molecular flexibility index (Phi) is 6.15. The van der Waals surface area contributed by atoms with E-state index in [0.29, 0.717) is 18.7 Å². The number of ether oxygens (including phenoxy) is 1. The van der Waals surface area contributed by atoms with Crippen LogP contribution in [0.25, 0.3) is 0 Å². The second-order valence-electron chi connectivity index (χ2n) is 4.56. The average Bonchev–Trinajstić information content (AvgIpc) is 2.54. The van der Waals surface area contributed by atoms with Crippen molar-refractivity contribution < 1.29 is 9.53 Å². The summed E-state index contributed by atoms with van der Waals surface area (Å²) in [7, 11) is 0. The summed E-state index contributed by atoms with van der Waals surface area (Å²) in [6.45, 7) is 2.10. The van der Waals surface area contributed by atoms with Crippen LogP contribution in [0.3, 0.4) is 0 Å². The molecule has 0 saturated carbocycles. The van der Waals surface area contributed by atoms with E-state index in [1.54, 1.807) is 6.92 Å². The molecule has 1 N–H and O–H groups in total. The van der Waals surface area contributed by atoms with Crippen LogP contribution in [-0.2, 0) is 16.0 Å². The quantitative estimate of drug-likeness (QED) is 0.480. The Morgan fingerprint density at radius 1 is 1.14 bits per heavy atom. The zero-order valence-corrected chi connectivity index (χ0v) is 13.8. The summed E-state index contributed by atoms with van der Waals surface area (Å²) in [4.78, 5) is 12.0. The van der Waals surface area contributed by atoms with Gasteiger partial charge in [0, 0.05) is 10.9 Å². The van der Waals surface area contributed by atoms with Crippen molar-refractivity contribution in [1.82, 2.24) is 0 Å². The third-order valence-electron chi connectivity index (χ3n) is 2.89. The maximum Gasteiger partial charge on any atom is 0.354 e. The molecule has 0 spiro atoms. The molecular formula is C17H17BrN2O2. The third kappa shape index (κ3) is 5.00. The highest BCUT2D eigenvalue weighted by molar-refractivity contribution is 9.10. The van der Waals surface area contributed by atoms with E-state index in [4.69, 9.17) is 4.74 Å². The van der Waals surface area contributed by atoms with E-state index >= 15 is 0 Å². The average molecular weight is 361 g/mol. The molecule has 0 aliphatic heterocycles. The van der Waals surface area contributed by atoms with Gasteiger partial charge in [-0.1, -0.05) is 46.3 Å². The summed E-state index contributed by atoms with van der Waals surface area (Å²) in [5.41, 5.74) is 5.05. The van der Waals surface area contributed by atoms with Crippen LogP contribution in [0, 0.1) is 0 Å². The van der Waals surface area contributed by atoms with Gasteiger partial charge in [0.15, 0.2) is 0 Å². The zero-order valence-electron chi connectivity index (χ0n) is 12.3. The van der Waals surface area contributed by atoms with Crippen molar-refractivity contribution in [3.8, 4) is 0 Å². The number of benzene rings is 2. The predicted molar refractivity (Wildman–Crippen MR) is 92.0 cm³/mol. The monoisotopic (exact) mass is 360 g/mol. The topological polar surface area (TPSA) is 50.7 Å². The van der Waals surface area contributed by atoms with Gasteiger partial charge in [-0.15, -0.1) is 0 Å². The lowest BCUT2D eigenvalue weighted by Crippen LogP contribution is -2.21. The second kappa shape index (κ2) is 8.34. The number of hydrogen-bond acceptors (Lipinski definition) is 4. The maximum absolute atomic E-state index is 12.0. The van der Waals surface area contributed by atoms with Gasteiger partial charge in [-0.3, -0.25) is 5.43 Å². The molecule has 0 saturated heterocycles. The highest BCUT2D eigenvalue weighted by Gasteiger charge is 2.13. The van der Waals surface area contributed by atoms with Gasteiger partial charge in [0.2, 0.25) is 0 Å². The molecule has 0 aliphatic carbocycles. The molecule has 4 nitrogen and oxygen atoms in total. The largest absolute Gasteiger partial charge is 0.461 e. The highest BCUT2D eigenvalue weighted by Crippen LogP contribution is 2.14. The summed E-state index contributed by atoms with van der Waals surface area (Å²) < 4.78 is 6.05. The lowest BCUT2D eigenvalue weighted by Gasteiger charge is -2.07. The number of halogens is 1. The van der Waals surface area contributed by atoms with E-state index in [1.165, 1.54) is 0 Å². The van der Waals surface area contributed by atoms with E-state index in [-0.39, 0.29) is 0 Å². The summed E-state index contributed by atoms with van der Waals surface area (Å²) in [5, 5.41) is 4.21. The van der Waals surface area contributed by atoms with Gasteiger partial charge in [-0.05, 0) is 36.8 Å². The molecular weight excluding hydrogens is 344 g/mol. The Labute approximate surface area is 138 Å². The first-order chi connectivity index (χ1) is 10.7. The van der Waals surface area contributed by atoms with Crippen molar-refractivity contribution in [2.75, 3.05) is 12.0 Å². The number of anilines is 1. The van der Waals surface area contributed by atoms with Gasteiger partial charge in [-0.2, -0.15) is 5.10 Å². The SMILES string of the molecule is CCOC(=O)/C(Cc1ccccc1)=N\Nc1ccc(Br)cc1. The minimum absolute atomic E-state index is 0.324. The van der Waals surface area contributed by atoms with Crippen LogP contribution in [0.15, 0.2) is 64.2 Å². The van der Waals surface area contributed by atoms with E-state index in [2.05, 4.69) is 26.5 Å². The second-order valence-corrected chi connectivity index (χ2v) is 5.48. The predicted octanol–water partition coefficient (Wildman–Crippen LogP) is 4.02. The Morgan fingerprint density at radius 2 is 1.82 bits per heavy atom. The minimum atomic E-state index is -0.407. The van der Waals surface area contributed by atoms with Crippen molar-refractivity contribution >= 4 is 33.3 Å². The summed E-state index contributed by atoms with van der Waals surface area (Å²) >= 11 is 3.38. The number of nitrogens with one attached hydrogen (secondary N) is 1. The number of carbonyl (C=O) groups is 1. The van der Waals surface area contributed by atoms with Crippen molar-refractivity contribution in [2.24, 2.45) is 5.10 Å². The van der Waals surface area contributed by atoms with Gasteiger partial charge >= 0.3 is 5.97 Å². The lowest BCUT2D eigenvalue weighted by molar-refractivity contribution is -0.135. The molecule has 0 aromatic heterocycles. The summed E-state index contributed by atoms with van der Waals surface area (Å²) in [5.74, 6) is -0.407. The van der Waals surface area contributed by atoms with Gasteiger partial charge in [-0.25, -0.2) is 4.79 Å². The van der Waals surface area contributed by atoms with Gasteiger partial charge in [0.05, 0.1) is 12.3 Å². The number of hydrazone groups is 1. The Balaban J connectivity index is 2.14. The molecule has 0 amide bonds. The molecule has 22 heavy (non-hydrogen) atoms. The number of hydrogen-bond donors (Lipinski definition) is 1. The minimum Gasteiger partial charge on any atom is -0.461 e. The molecule has 0 radical (unpaired) electrons. The maximum atomic E-state index is 12.0. The van der Waals surface area contributed by atoms with Crippen LogP contribution < -0.4 is 5.43 Å². The van der Waals surface area contributed by atoms with Crippen molar-refractivity contribution in [1.29, 1.82) is 0 Å². The fourth-order valence-electron chi connectivity index (χ4n) is 1.82. The molecule has 2 rings (SSSR count). The lowest BCUT2D eigenvalue weighted by atomic mass is 10.1. The molecule has 0 bridgehead atoms. The van der Waals surface area contributed by atoms with Crippen LogP contribution in [0.5, 0.6) is 0 Å². The van der Waals surface area contributed by atoms with E-state index in [1.807, 2.05) is 54.6 Å². The molecule has 2 aromatic carbocycles. The smallest absolute Gasteiger partial charge is 0.354 e. The molecule has 0 unspecified atom stereocenters. The first kappa shape index (κ1) is 16.2. The van der Waals surface area contributed by atoms with Gasteiger partial charge in [0.25, 0.3) is 0 Å². The van der Waals surface area contributed by atoms with Gasteiger partial charge < -0.3 is 4.74 Å². The van der Waals surface area contributed by atoms with Crippen LogP contribution in [-0.4, -0.2) is 18.3 Å². The number of nitrogens with zero attached hydrogens (tertiary/aromatic N) is 1. The van der Waals surface area contributed by atoms with Crippen LogP contribution >= 0.6 is 15.9 Å². The fraction of sp³-hybridized carbons (Fsp3) is 0.176. The Hall–Kier alpha value is -2.14. The van der Waals surface area contributed by atoms with Gasteiger partial charge in [0.1, 0.15) is 5.71 Å². The van der Waals surface area contributed by atoms with Crippen molar-refractivity contribution in [2.45, 2.75) is 13.3 Å².